The number of allylic oxidation sites excluding steroid dienone is 1. The smallest absolute Gasteiger partial charge is 0.307 e. The number of amides is 2. The first kappa shape index (κ1) is 50.0. The van der Waals surface area contributed by atoms with Gasteiger partial charge >= 0.3 is 5.97 Å². The van der Waals surface area contributed by atoms with Crippen LogP contribution >= 0.6 is 0 Å². The molecule has 1 heterocycles. The van der Waals surface area contributed by atoms with Gasteiger partial charge in [-0.15, -0.1) is 0 Å². The molecule has 2 amide bonds. The third-order valence-corrected chi connectivity index (χ3v) is 20.2. The van der Waals surface area contributed by atoms with Crippen LogP contribution in [0.3, 0.4) is 0 Å². The summed E-state index contributed by atoms with van der Waals surface area (Å²) in [7, 11) is 6.16. The quantitative estimate of drug-likeness (QED) is 0.129. The van der Waals surface area contributed by atoms with E-state index in [0.717, 1.165) is 108 Å². The number of likely N-dealkylation sites (tertiary alicyclic amines) is 1. The zero-order valence-electron chi connectivity index (χ0n) is 42.1. The van der Waals surface area contributed by atoms with Crippen molar-refractivity contribution in [2.24, 2.45) is 73.4 Å². The summed E-state index contributed by atoms with van der Waals surface area (Å²) in [6.45, 7) is 29.4. The van der Waals surface area contributed by atoms with Gasteiger partial charge in [0, 0.05) is 41.8 Å². The molecule has 0 aromatic rings. The molecule has 0 aromatic heterocycles. The standard InChI is InChI=1S/C48H76N2O6.C5H14NO/c1-29(2)30-17-22-48(40(53)49-35-27-32(43(35,5)6)39(52)50-25-13-12-14-26-50)24-23-46(10)31(38(30)48)15-16-34-45(9)20-19-36(56-37(51)28-42(3,4)41(54)55)44(7,8)33(45)18-21-47(34,46)11;1-6(2,3)4-5-7/h30-36,38H,1,12-28H2,2-11H3,(H,49,53)(H,54,55);7H,4-5H2,1-3H3/q;+1/p-1/t30-,31?,32+,33?,34?,35+,36-,38?,45-,46+,47+,48-;/m0./s1. The molecule has 7 rings (SSSR count). The molecule has 7 aliphatic rings. The van der Waals surface area contributed by atoms with Crippen LogP contribution in [0.15, 0.2) is 12.2 Å². The van der Waals surface area contributed by atoms with Gasteiger partial charge in [0.2, 0.25) is 11.8 Å². The first-order valence-corrected chi connectivity index (χ1v) is 25.1. The molecule has 0 aromatic carbocycles. The van der Waals surface area contributed by atoms with E-state index in [1.807, 2.05) is 0 Å². The number of quaternary nitrogens is 1. The number of likely N-dealkylation sites (N-methyl/N-ethyl adjacent to an activating group) is 1. The Labute approximate surface area is 382 Å². The van der Waals surface area contributed by atoms with E-state index in [0.29, 0.717) is 23.7 Å². The van der Waals surface area contributed by atoms with Crippen LogP contribution in [0.1, 0.15) is 166 Å². The summed E-state index contributed by atoms with van der Waals surface area (Å²) in [4.78, 5) is 55.5. The maximum absolute atomic E-state index is 15.0. The Morgan fingerprint density at radius 2 is 1.48 bits per heavy atom. The number of aliphatic hydroxyl groups is 1. The van der Waals surface area contributed by atoms with Crippen LogP contribution in [0.4, 0.5) is 0 Å². The van der Waals surface area contributed by atoms with E-state index in [-0.39, 0.29) is 75.9 Å². The summed E-state index contributed by atoms with van der Waals surface area (Å²) in [5, 5.41) is 23.7. The van der Waals surface area contributed by atoms with Crippen molar-refractivity contribution in [3.05, 3.63) is 12.2 Å². The second kappa shape index (κ2) is 17.3. The Hall–Kier alpha value is -2.46. The van der Waals surface area contributed by atoms with Gasteiger partial charge in [-0.2, -0.15) is 0 Å². The lowest BCUT2D eigenvalue weighted by atomic mass is 9.32. The molecule has 0 spiro atoms. The van der Waals surface area contributed by atoms with E-state index in [2.05, 4.69) is 93.3 Å². The van der Waals surface area contributed by atoms with Crippen LogP contribution in [0.25, 0.3) is 0 Å². The Morgan fingerprint density at radius 3 is 2.03 bits per heavy atom. The average Bonchev–Trinajstić information content (AvgIpc) is 3.59. The number of carbonyl (C=O) groups excluding carboxylic acids is 4. The molecule has 10 heteroatoms. The molecule has 4 unspecified atom stereocenters. The van der Waals surface area contributed by atoms with E-state index < -0.39 is 22.8 Å². The lowest BCUT2D eigenvalue weighted by Crippen LogP contribution is -2.68. The Kier molecular flexibility index (Phi) is 13.7. The highest BCUT2D eigenvalue weighted by molar-refractivity contribution is 5.86. The van der Waals surface area contributed by atoms with Gasteiger partial charge in [0.1, 0.15) is 12.6 Å². The number of carboxylic acid groups (broad SMARTS) is 1. The molecule has 358 valence electrons. The SMILES string of the molecule is C=C(C)[C@@H]1CC[C@]2(C(=O)N[C@@H]3C[C@H](C(=O)N4CCCCC4)C3(C)C)CC[C@]3(C)C(CCC4[C@@]5(C)CC[C@H](OC(=O)CC(C)(C)C(=O)[O-])C(C)(C)C5CC[C@]43C)C12.C[N+](C)(C)CCO. The fourth-order valence-electron chi connectivity index (χ4n) is 15.9. The zero-order chi connectivity index (χ0) is 46.9. The van der Waals surface area contributed by atoms with Gasteiger partial charge in [0.05, 0.1) is 39.6 Å². The summed E-state index contributed by atoms with van der Waals surface area (Å²) in [6.07, 6.45) is 13.9. The van der Waals surface area contributed by atoms with Gasteiger partial charge in [0.25, 0.3) is 0 Å². The van der Waals surface area contributed by atoms with Crippen molar-refractivity contribution in [2.75, 3.05) is 47.4 Å². The number of nitrogens with zero attached hydrogens (tertiary/aromatic N) is 2. The third-order valence-electron chi connectivity index (χ3n) is 20.2. The van der Waals surface area contributed by atoms with Crippen LogP contribution in [-0.2, 0) is 23.9 Å². The fourth-order valence-corrected chi connectivity index (χ4v) is 15.9. The number of fused-ring (bicyclic) bond motifs is 7. The molecule has 6 aliphatic carbocycles. The number of aliphatic hydroxyl groups excluding tert-OH is 1. The minimum atomic E-state index is -1.27. The molecular weight excluding hydrogens is 791 g/mol. The largest absolute Gasteiger partial charge is 0.550 e. The summed E-state index contributed by atoms with van der Waals surface area (Å²) < 4.78 is 7.02. The molecule has 12 atom stereocenters. The van der Waals surface area contributed by atoms with E-state index in [1.54, 1.807) is 0 Å². The Balaban J connectivity index is 0.000000871. The molecule has 2 N–H and O–H groups in total. The molecule has 1 saturated heterocycles. The average molecular weight is 880 g/mol. The molecule has 10 nitrogen and oxygen atoms in total. The topological polar surface area (TPSA) is 136 Å². The number of hydrogen-bond donors (Lipinski definition) is 2. The predicted octanol–water partition coefficient (Wildman–Crippen LogP) is 7.95. The normalized spacial score (nSPS) is 40.3. The second-order valence-electron chi connectivity index (χ2n) is 25.8. The number of piperidine rings is 1. The van der Waals surface area contributed by atoms with Crippen molar-refractivity contribution < 1.29 is 38.6 Å². The zero-order valence-corrected chi connectivity index (χ0v) is 42.1. The van der Waals surface area contributed by atoms with Gasteiger partial charge in [-0.3, -0.25) is 14.4 Å². The highest BCUT2D eigenvalue weighted by atomic mass is 16.5. The molecule has 6 saturated carbocycles. The van der Waals surface area contributed by atoms with Gasteiger partial charge in [-0.05, 0) is 148 Å². The van der Waals surface area contributed by atoms with Crippen molar-refractivity contribution in [1.29, 1.82) is 0 Å². The third kappa shape index (κ3) is 8.58. The van der Waals surface area contributed by atoms with Crippen molar-refractivity contribution in [3.8, 4) is 0 Å². The van der Waals surface area contributed by atoms with E-state index in [4.69, 9.17) is 9.84 Å². The van der Waals surface area contributed by atoms with Gasteiger partial charge < -0.3 is 34.4 Å². The molecular formula is C53H89N3O7. The fraction of sp³-hybridized carbons (Fsp3) is 0.887. The number of esters is 1. The first-order valence-electron chi connectivity index (χ1n) is 25.1. The lowest BCUT2D eigenvalue weighted by molar-refractivity contribution is -0.870. The van der Waals surface area contributed by atoms with Crippen molar-refractivity contribution in [1.82, 2.24) is 10.2 Å². The van der Waals surface area contributed by atoms with Crippen LogP contribution in [-0.4, -0.2) is 97.8 Å². The maximum Gasteiger partial charge on any atom is 0.307 e. The van der Waals surface area contributed by atoms with Crippen molar-refractivity contribution in [2.45, 2.75) is 178 Å². The Bertz CT molecular complexity index is 1760. The molecule has 1 aliphatic heterocycles. The van der Waals surface area contributed by atoms with Gasteiger partial charge in [-0.1, -0.05) is 74.5 Å². The molecule has 7 fully saturated rings. The highest BCUT2D eigenvalue weighted by Gasteiger charge is 2.72. The first-order chi connectivity index (χ1) is 29.0. The number of hydrogen-bond acceptors (Lipinski definition) is 7. The second-order valence-corrected chi connectivity index (χ2v) is 25.8. The monoisotopic (exact) mass is 880 g/mol. The summed E-state index contributed by atoms with van der Waals surface area (Å²) in [5.41, 5.74) is -0.652. The minimum absolute atomic E-state index is 0.0165. The van der Waals surface area contributed by atoms with Crippen LogP contribution in [0.2, 0.25) is 0 Å². The van der Waals surface area contributed by atoms with E-state index in [9.17, 15) is 19.5 Å². The van der Waals surface area contributed by atoms with Gasteiger partial charge in [-0.25, -0.2) is 0 Å². The summed E-state index contributed by atoms with van der Waals surface area (Å²) in [5.74, 6) is 0.790. The van der Waals surface area contributed by atoms with Crippen LogP contribution in [0.5, 0.6) is 0 Å². The number of ether oxygens (including phenoxy) is 1. The maximum atomic E-state index is 15.0. The van der Waals surface area contributed by atoms with E-state index in [1.165, 1.54) is 25.8 Å². The summed E-state index contributed by atoms with van der Waals surface area (Å²) >= 11 is 0. The number of carbonyl (C=O) groups is 4. The minimum Gasteiger partial charge on any atom is -0.550 e. The number of rotatable bonds is 10. The van der Waals surface area contributed by atoms with Crippen LogP contribution in [0, 0.1) is 73.4 Å². The van der Waals surface area contributed by atoms with Crippen molar-refractivity contribution in [3.63, 3.8) is 0 Å². The van der Waals surface area contributed by atoms with Crippen molar-refractivity contribution >= 4 is 23.8 Å². The number of nitrogens with one attached hydrogen (secondary N) is 1. The number of aliphatic carboxylic acids is 1. The predicted molar refractivity (Wildman–Crippen MR) is 246 cm³/mol. The lowest BCUT2D eigenvalue weighted by Gasteiger charge is -2.73. The molecule has 0 radical (unpaired) electrons. The Morgan fingerprint density at radius 1 is 0.825 bits per heavy atom. The molecule has 0 bridgehead atoms. The van der Waals surface area contributed by atoms with E-state index >= 15 is 4.79 Å². The van der Waals surface area contributed by atoms with Gasteiger partial charge in [0.15, 0.2) is 0 Å². The number of carboxylic acids is 1. The highest BCUT2D eigenvalue weighted by Crippen LogP contribution is 2.77. The molecule has 63 heavy (non-hydrogen) atoms. The van der Waals surface area contributed by atoms with Crippen LogP contribution < -0.4 is 10.4 Å². The summed E-state index contributed by atoms with van der Waals surface area (Å²) in [6, 6.07) is 0.0165.